The number of cyclic esters (lactones) is 1. The van der Waals surface area contributed by atoms with E-state index in [1.807, 2.05) is 6.08 Å². The topological polar surface area (TPSA) is 47.6 Å². The second kappa shape index (κ2) is 6.90. The van der Waals surface area contributed by atoms with Crippen LogP contribution in [0.15, 0.2) is 12.2 Å². The Morgan fingerprint density at radius 3 is 3.06 bits per heavy atom. The molecular weight excluding hydrogens is 230 g/mol. The summed E-state index contributed by atoms with van der Waals surface area (Å²) in [6.45, 7) is 1.11. The first-order valence-corrected chi connectivity index (χ1v) is 6.91. The molecule has 0 saturated carbocycles. The van der Waals surface area contributed by atoms with E-state index in [2.05, 4.69) is 5.32 Å². The number of hydrogen-bond acceptors (Lipinski definition) is 4. The number of nitrogens with one attached hydrogen (secondary N) is 1. The van der Waals surface area contributed by atoms with Gasteiger partial charge in [0.15, 0.2) is 0 Å². The Hall–Kier alpha value is -0.870. The second-order valence-electron chi connectivity index (χ2n) is 5.17. The van der Waals surface area contributed by atoms with E-state index >= 15 is 0 Å². The van der Waals surface area contributed by atoms with Crippen LogP contribution in [-0.4, -0.2) is 37.9 Å². The van der Waals surface area contributed by atoms with Gasteiger partial charge in [0.1, 0.15) is 6.10 Å². The van der Waals surface area contributed by atoms with Crippen LogP contribution >= 0.6 is 0 Å². The molecule has 2 aliphatic rings. The molecule has 2 heterocycles. The Labute approximate surface area is 109 Å². The maximum atomic E-state index is 11.2. The third-order valence-electron chi connectivity index (χ3n) is 3.75. The molecule has 0 unspecified atom stereocenters. The number of piperidine rings is 1. The van der Waals surface area contributed by atoms with Crippen LogP contribution in [-0.2, 0) is 14.3 Å². The molecule has 0 spiro atoms. The molecule has 102 valence electrons. The zero-order chi connectivity index (χ0) is 12.8. The van der Waals surface area contributed by atoms with Gasteiger partial charge >= 0.3 is 5.97 Å². The highest BCUT2D eigenvalue weighted by atomic mass is 16.5. The van der Waals surface area contributed by atoms with Crippen LogP contribution in [0.3, 0.4) is 0 Å². The molecule has 0 bridgehead atoms. The van der Waals surface area contributed by atoms with E-state index in [1.165, 1.54) is 25.3 Å². The first-order chi connectivity index (χ1) is 8.78. The zero-order valence-electron chi connectivity index (χ0n) is 11.1. The van der Waals surface area contributed by atoms with Gasteiger partial charge in [-0.15, -0.1) is 0 Å². The number of carbonyl (C=O) groups excluding carboxylic acids is 1. The monoisotopic (exact) mass is 253 g/mol. The lowest BCUT2D eigenvalue weighted by Crippen LogP contribution is -2.38. The van der Waals surface area contributed by atoms with Crippen molar-refractivity contribution < 1.29 is 14.3 Å². The van der Waals surface area contributed by atoms with Gasteiger partial charge in [-0.2, -0.15) is 0 Å². The van der Waals surface area contributed by atoms with E-state index in [-0.39, 0.29) is 18.2 Å². The molecule has 0 aromatic carbocycles. The largest absolute Gasteiger partial charge is 0.459 e. The number of ether oxygens (including phenoxy) is 2. The van der Waals surface area contributed by atoms with Gasteiger partial charge in [-0.3, -0.25) is 0 Å². The van der Waals surface area contributed by atoms with Gasteiger partial charge in [0.05, 0.1) is 6.10 Å². The maximum absolute atomic E-state index is 11.2. The molecular formula is C14H23NO3. The van der Waals surface area contributed by atoms with Crippen molar-refractivity contribution in [2.45, 2.75) is 56.8 Å². The van der Waals surface area contributed by atoms with Crippen molar-refractivity contribution in [1.82, 2.24) is 5.32 Å². The molecule has 0 aliphatic carbocycles. The fourth-order valence-corrected chi connectivity index (χ4v) is 2.74. The molecule has 1 N–H and O–H groups in total. The van der Waals surface area contributed by atoms with E-state index in [4.69, 9.17) is 9.47 Å². The average Bonchev–Trinajstić information content (AvgIpc) is 2.39. The van der Waals surface area contributed by atoms with E-state index < -0.39 is 0 Å². The summed E-state index contributed by atoms with van der Waals surface area (Å²) in [5, 5.41) is 3.53. The summed E-state index contributed by atoms with van der Waals surface area (Å²) in [5.41, 5.74) is 0. The normalized spacial score (nSPS) is 29.9. The summed E-state index contributed by atoms with van der Waals surface area (Å²) in [5.74, 6) is -0.225. The van der Waals surface area contributed by atoms with Gasteiger partial charge in [0, 0.05) is 32.1 Å². The van der Waals surface area contributed by atoms with E-state index in [1.54, 1.807) is 7.11 Å². The second-order valence-corrected chi connectivity index (χ2v) is 5.17. The number of hydrogen-bond donors (Lipinski definition) is 1. The summed E-state index contributed by atoms with van der Waals surface area (Å²) in [7, 11) is 1.74. The highest BCUT2D eigenvalue weighted by molar-refractivity contribution is 5.82. The molecule has 1 fully saturated rings. The van der Waals surface area contributed by atoms with Gasteiger partial charge in [-0.25, -0.2) is 4.79 Å². The molecule has 2 rings (SSSR count). The fourth-order valence-electron chi connectivity index (χ4n) is 2.74. The third kappa shape index (κ3) is 4.10. The van der Waals surface area contributed by atoms with Gasteiger partial charge in [-0.1, -0.05) is 12.5 Å². The summed E-state index contributed by atoms with van der Waals surface area (Å²) in [4.78, 5) is 11.2. The van der Waals surface area contributed by atoms with Crippen LogP contribution in [0.25, 0.3) is 0 Å². The van der Waals surface area contributed by atoms with Crippen molar-refractivity contribution in [2.75, 3.05) is 13.7 Å². The lowest BCUT2D eigenvalue weighted by atomic mass is 9.95. The standard InChI is InChI=1S/C14H23NO3/c1-17-13(9-11-5-2-3-8-15-11)10-12-6-4-7-14(16)18-12/h4,7,11-13,15H,2-3,5-6,8-10H2,1H3/t11-,12-,13-/m0/s1. The quantitative estimate of drug-likeness (QED) is 0.759. The summed E-state index contributed by atoms with van der Waals surface area (Å²) in [6.07, 6.45) is 9.96. The van der Waals surface area contributed by atoms with Crippen LogP contribution in [0.1, 0.15) is 38.5 Å². The maximum Gasteiger partial charge on any atom is 0.330 e. The zero-order valence-corrected chi connectivity index (χ0v) is 11.1. The van der Waals surface area contributed by atoms with E-state index in [0.29, 0.717) is 6.04 Å². The molecule has 3 atom stereocenters. The smallest absolute Gasteiger partial charge is 0.330 e. The van der Waals surface area contributed by atoms with Gasteiger partial charge in [0.25, 0.3) is 0 Å². The molecule has 1 saturated heterocycles. The number of methoxy groups -OCH3 is 1. The molecule has 0 aromatic heterocycles. The Kier molecular flexibility index (Phi) is 5.20. The Bertz CT molecular complexity index is 297. The van der Waals surface area contributed by atoms with Crippen molar-refractivity contribution in [3.05, 3.63) is 12.2 Å². The molecule has 0 radical (unpaired) electrons. The van der Waals surface area contributed by atoms with Gasteiger partial charge in [-0.05, 0) is 25.8 Å². The summed E-state index contributed by atoms with van der Waals surface area (Å²) < 4.78 is 10.8. The lowest BCUT2D eigenvalue weighted by molar-refractivity contribution is -0.145. The average molecular weight is 253 g/mol. The van der Waals surface area contributed by atoms with Crippen molar-refractivity contribution in [1.29, 1.82) is 0 Å². The Morgan fingerprint density at radius 2 is 2.39 bits per heavy atom. The SMILES string of the molecule is CO[C@@H](C[C@@H]1CCCCN1)C[C@@H]1CC=CC(=O)O1. The minimum absolute atomic E-state index is 0.0176. The van der Waals surface area contributed by atoms with Crippen LogP contribution in [0.2, 0.25) is 0 Å². The summed E-state index contributed by atoms with van der Waals surface area (Å²) in [6, 6.07) is 0.554. The number of esters is 1. The molecule has 0 amide bonds. The molecule has 4 heteroatoms. The van der Waals surface area contributed by atoms with Crippen LogP contribution < -0.4 is 5.32 Å². The predicted molar refractivity (Wildman–Crippen MR) is 69.3 cm³/mol. The molecule has 0 aromatic rings. The number of carbonyl (C=O) groups is 1. The van der Waals surface area contributed by atoms with E-state index in [0.717, 1.165) is 25.8 Å². The van der Waals surface area contributed by atoms with Crippen LogP contribution in [0.5, 0.6) is 0 Å². The highest BCUT2D eigenvalue weighted by Gasteiger charge is 2.24. The van der Waals surface area contributed by atoms with Crippen molar-refractivity contribution in [3.8, 4) is 0 Å². The first-order valence-electron chi connectivity index (χ1n) is 6.91. The minimum atomic E-state index is -0.225. The Morgan fingerprint density at radius 1 is 1.50 bits per heavy atom. The van der Waals surface area contributed by atoms with Crippen molar-refractivity contribution in [2.24, 2.45) is 0 Å². The van der Waals surface area contributed by atoms with Gasteiger partial charge in [0.2, 0.25) is 0 Å². The first kappa shape index (κ1) is 13.6. The molecule has 4 nitrogen and oxygen atoms in total. The highest BCUT2D eigenvalue weighted by Crippen LogP contribution is 2.20. The van der Waals surface area contributed by atoms with E-state index in [9.17, 15) is 4.79 Å². The fraction of sp³-hybridized carbons (Fsp3) is 0.786. The van der Waals surface area contributed by atoms with Crippen molar-refractivity contribution in [3.63, 3.8) is 0 Å². The third-order valence-corrected chi connectivity index (χ3v) is 3.75. The minimum Gasteiger partial charge on any atom is -0.459 e. The Balaban J connectivity index is 1.77. The van der Waals surface area contributed by atoms with Crippen LogP contribution in [0, 0.1) is 0 Å². The molecule has 18 heavy (non-hydrogen) atoms. The number of rotatable bonds is 5. The van der Waals surface area contributed by atoms with Crippen LogP contribution in [0.4, 0.5) is 0 Å². The summed E-state index contributed by atoms with van der Waals surface area (Å²) >= 11 is 0. The van der Waals surface area contributed by atoms with Gasteiger partial charge < -0.3 is 14.8 Å². The lowest BCUT2D eigenvalue weighted by Gasteiger charge is -2.29. The predicted octanol–water partition coefficient (Wildman–Crippen LogP) is 1.80. The molecule has 2 aliphatic heterocycles. The van der Waals surface area contributed by atoms with Crippen molar-refractivity contribution >= 4 is 5.97 Å².